The van der Waals surface area contributed by atoms with Gasteiger partial charge < -0.3 is 15.4 Å². The average Bonchev–Trinajstić information content (AvgIpc) is 3.14. The van der Waals surface area contributed by atoms with Gasteiger partial charge in [-0.2, -0.15) is 5.26 Å². The number of cyclic esters (lactones) is 1. The van der Waals surface area contributed by atoms with Gasteiger partial charge in [0.15, 0.2) is 0 Å². The molecule has 2 aromatic carbocycles. The van der Waals surface area contributed by atoms with Crippen molar-refractivity contribution < 1.29 is 14.3 Å². The van der Waals surface area contributed by atoms with Crippen LogP contribution in [0.2, 0.25) is 0 Å². The topological polar surface area (TPSA) is 96.4 Å². The van der Waals surface area contributed by atoms with Crippen LogP contribution in [0.15, 0.2) is 30.3 Å². The second-order valence-corrected chi connectivity index (χ2v) is 8.10. The van der Waals surface area contributed by atoms with Crippen molar-refractivity contribution in [2.45, 2.75) is 38.7 Å². The third kappa shape index (κ3) is 3.81. The fourth-order valence-electron chi connectivity index (χ4n) is 4.57. The van der Waals surface area contributed by atoms with Crippen molar-refractivity contribution in [2.75, 3.05) is 19.6 Å². The molecule has 1 fully saturated rings. The first-order valence-corrected chi connectivity index (χ1v) is 10.3. The highest BCUT2D eigenvalue weighted by Crippen LogP contribution is 2.31. The molecule has 2 N–H and O–H groups in total. The summed E-state index contributed by atoms with van der Waals surface area (Å²) in [7, 11) is 0. The number of carbonyl (C=O) groups excluding carboxylic acids is 2. The van der Waals surface area contributed by atoms with Gasteiger partial charge in [-0.25, -0.2) is 4.79 Å². The predicted molar refractivity (Wildman–Crippen MR) is 112 cm³/mol. The van der Waals surface area contributed by atoms with Crippen molar-refractivity contribution in [1.82, 2.24) is 4.90 Å². The summed E-state index contributed by atoms with van der Waals surface area (Å²) in [4.78, 5) is 25.7. The number of hydrogen-bond donors (Lipinski definition) is 1. The number of amides is 1. The van der Waals surface area contributed by atoms with Gasteiger partial charge in [0.1, 0.15) is 6.61 Å². The fourth-order valence-corrected chi connectivity index (χ4v) is 4.57. The van der Waals surface area contributed by atoms with Crippen LogP contribution in [0.3, 0.4) is 0 Å². The number of carbonyl (C=O) groups is 2. The zero-order valence-electron chi connectivity index (χ0n) is 17.1. The van der Waals surface area contributed by atoms with Gasteiger partial charge in [0, 0.05) is 17.7 Å². The molecule has 30 heavy (non-hydrogen) atoms. The van der Waals surface area contributed by atoms with Gasteiger partial charge in [-0.3, -0.25) is 4.79 Å². The van der Waals surface area contributed by atoms with Gasteiger partial charge in [0.05, 0.1) is 17.2 Å². The number of nitrogens with two attached hydrogens (primary N) is 1. The van der Waals surface area contributed by atoms with E-state index in [0.717, 1.165) is 55.6 Å². The van der Waals surface area contributed by atoms with Gasteiger partial charge >= 0.3 is 5.97 Å². The molecular formula is C24H25N3O3. The summed E-state index contributed by atoms with van der Waals surface area (Å²) in [5, 5.41) is 9.44. The molecule has 6 nitrogen and oxygen atoms in total. The van der Waals surface area contributed by atoms with Crippen molar-refractivity contribution in [3.8, 4) is 6.07 Å². The number of esters is 1. The number of nitrogens with zero attached hydrogens (tertiary/aromatic N) is 2. The Hall–Kier alpha value is -3.17. The van der Waals surface area contributed by atoms with E-state index in [9.17, 15) is 14.9 Å². The zero-order valence-corrected chi connectivity index (χ0v) is 17.1. The molecule has 0 aliphatic carbocycles. The third-order valence-electron chi connectivity index (χ3n) is 6.46. The summed E-state index contributed by atoms with van der Waals surface area (Å²) in [5.41, 5.74) is 11.6. The molecule has 0 atom stereocenters. The van der Waals surface area contributed by atoms with Gasteiger partial charge in [0.2, 0.25) is 5.91 Å². The first-order chi connectivity index (χ1) is 14.5. The molecule has 1 saturated heterocycles. The molecule has 2 aromatic rings. The van der Waals surface area contributed by atoms with E-state index >= 15 is 0 Å². The van der Waals surface area contributed by atoms with Crippen LogP contribution < -0.4 is 5.73 Å². The minimum absolute atomic E-state index is 0.223. The van der Waals surface area contributed by atoms with E-state index in [2.05, 4.69) is 17.9 Å². The molecule has 154 valence electrons. The molecule has 4 rings (SSSR count). The van der Waals surface area contributed by atoms with Crippen LogP contribution in [-0.4, -0.2) is 36.4 Å². The summed E-state index contributed by atoms with van der Waals surface area (Å²) >= 11 is 0. The average molecular weight is 403 g/mol. The van der Waals surface area contributed by atoms with Crippen molar-refractivity contribution in [3.05, 3.63) is 69.3 Å². The lowest BCUT2D eigenvalue weighted by Crippen LogP contribution is -2.34. The van der Waals surface area contributed by atoms with Crippen LogP contribution in [0.4, 0.5) is 0 Å². The minimum Gasteiger partial charge on any atom is -0.457 e. The maximum atomic E-state index is 11.7. The normalized spacial score (nSPS) is 16.7. The molecule has 2 aliphatic rings. The SMILES string of the molecule is Cc1c(CCN2CCC(c3cc(C(N)=O)ccc3C#N)CC2)ccc2c1COC2=O. The van der Waals surface area contributed by atoms with E-state index in [1.54, 1.807) is 18.2 Å². The summed E-state index contributed by atoms with van der Waals surface area (Å²) < 4.78 is 5.15. The van der Waals surface area contributed by atoms with E-state index in [1.165, 1.54) is 5.56 Å². The number of ether oxygens (including phenoxy) is 1. The molecular weight excluding hydrogens is 378 g/mol. The van der Waals surface area contributed by atoms with E-state index in [1.807, 2.05) is 12.1 Å². The van der Waals surface area contributed by atoms with Gasteiger partial charge in [0.25, 0.3) is 0 Å². The van der Waals surface area contributed by atoms with Crippen LogP contribution in [0.25, 0.3) is 0 Å². The van der Waals surface area contributed by atoms with Crippen LogP contribution in [-0.2, 0) is 17.8 Å². The maximum absolute atomic E-state index is 11.7. The van der Waals surface area contributed by atoms with E-state index in [0.29, 0.717) is 23.3 Å². The predicted octanol–water partition coefficient (Wildman–Crippen LogP) is 3.06. The Labute approximate surface area is 176 Å². The maximum Gasteiger partial charge on any atom is 0.338 e. The third-order valence-corrected chi connectivity index (χ3v) is 6.46. The summed E-state index contributed by atoms with van der Waals surface area (Å²) in [5.74, 6) is -0.422. The Balaban J connectivity index is 1.38. The molecule has 1 amide bonds. The minimum atomic E-state index is -0.463. The number of primary amides is 1. The largest absolute Gasteiger partial charge is 0.457 e. The zero-order chi connectivity index (χ0) is 21.3. The van der Waals surface area contributed by atoms with Gasteiger partial charge in [-0.15, -0.1) is 0 Å². The molecule has 6 heteroatoms. The quantitative estimate of drug-likeness (QED) is 0.774. The van der Waals surface area contributed by atoms with E-state index in [-0.39, 0.29) is 11.9 Å². The molecule has 0 aromatic heterocycles. The molecule has 0 saturated carbocycles. The molecule has 0 spiro atoms. The number of piperidine rings is 1. The Bertz CT molecular complexity index is 1050. The highest BCUT2D eigenvalue weighted by Gasteiger charge is 2.25. The number of fused-ring (bicyclic) bond motifs is 1. The van der Waals surface area contributed by atoms with Crippen molar-refractivity contribution in [3.63, 3.8) is 0 Å². The van der Waals surface area contributed by atoms with Crippen LogP contribution in [0, 0.1) is 18.3 Å². The number of likely N-dealkylation sites (tertiary alicyclic amines) is 1. The van der Waals surface area contributed by atoms with Crippen LogP contribution in [0.5, 0.6) is 0 Å². The summed E-state index contributed by atoms with van der Waals surface area (Å²) in [6.45, 7) is 5.29. The second-order valence-electron chi connectivity index (χ2n) is 8.10. The highest BCUT2D eigenvalue weighted by atomic mass is 16.5. The summed E-state index contributed by atoms with van der Waals surface area (Å²) in [6.07, 6.45) is 2.82. The first kappa shape index (κ1) is 20.1. The van der Waals surface area contributed by atoms with Gasteiger partial charge in [-0.05, 0) is 86.1 Å². The monoisotopic (exact) mass is 403 g/mol. The Morgan fingerprint density at radius 3 is 2.73 bits per heavy atom. The molecule has 2 heterocycles. The lowest BCUT2D eigenvalue weighted by atomic mass is 9.85. The highest BCUT2D eigenvalue weighted by molar-refractivity contribution is 5.94. The van der Waals surface area contributed by atoms with E-state index < -0.39 is 5.91 Å². The van der Waals surface area contributed by atoms with Crippen molar-refractivity contribution in [1.29, 1.82) is 5.26 Å². The van der Waals surface area contributed by atoms with Crippen LogP contribution >= 0.6 is 0 Å². The lowest BCUT2D eigenvalue weighted by Gasteiger charge is -2.32. The Morgan fingerprint density at radius 1 is 1.27 bits per heavy atom. The second kappa shape index (κ2) is 8.29. The molecule has 0 radical (unpaired) electrons. The molecule has 2 aliphatic heterocycles. The number of nitriles is 1. The fraction of sp³-hybridized carbons (Fsp3) is 0.375. The van der Waals surface area contributed by atoms with Crippen LogP contribution in [0.1, 0.15) is 67.3 Å². The Kier molecular flexibility index (Phi) is 5.56. The Morgan fingerprint density at radius 2 is 2.03 bits per heavy atom. The van der Waals surface area contributed by atoms with Gasteiger partial charge in [-0.1, -0.05) is 6.07 Å². The number of rotatable bonds is 5. The van der Waals surface area contributed by atoms with Crippen molar-refractivity contribution in [2.24, 2.45) is 5.73 Å². The standard InChI is InChI=1S/C24H25N3O3/c1-15-16(4-5-20-22(15)14-30-24(20)29)6-9-27-10-7-17(8-11-27)21-12-18(23(26)28)2-3-19(21)13-25/h2-5,12,17H,6-11,14H2,1H3,(H2,26,28). The lowest BCUT2D eigenvalue weighted by molar-refractivity contribution is 0.0534. The number of benzene rings is 2. The molecule has 0 bridgehead atoms. The van der Waals surface area contributed by atoms with Crippen molar-refractivity contribution >= 4 is 11.9 Å². The number of hydrogen-bond acceptors (Lipinski definition) is 5. The summed E-state index contributed by atoms with van der Waals surface area (Å²) in [6, 6.07) is 11.3. The molecule has 0 unspecified atom stereocenters. The first-order valence-electron chi connectivity index (χ1n) is 10.3. The van der Waals surface area contributed by atoms with E-state index in [4.69, 9.17) is 10.5 Å². The smallest absolute Gasteiger partial charge is 0.338 e.